The molecule has 0 amide bonds. The molecule has 0 spiro atoms. The lowest BCUT2D eigenvalue weighted by molar-refractivity contribution is 0.266. The zero-order valence-electron chi connectivity index (χ0n) is 10.7. The van der Waals surface area contributed by atoms with Crippen LogP contribution in [0.4, 0.5) is 0 Å². The van der Waals surface area contributed by atoms with E-state index in [2.05, 4.69) is 19.1 Å². The minimum absolute atomic E-state index is 0.422. The molecule has 0 aliphatic carbocycles. The third-order valence-corrected chi connectivity index (χ3v) is 2.76. The summed E-state index contributed by atoms with van der Waals surface area (Å²) in [5.41, 5.74) is 6.82. The van der Waals surface area contributed by atoms with Crippen LogP contribution in [0.15, 0.2) is 40.8 Å². The summed E-state index contributed by atoms with van der Waals surface area (Å²) in [5.74, 6) is 2.44. The number of benzene rings is 1. The van der Waals surface area contributed by atoms with E-state index in [-0.39, 0.29) is 0 Å². The molecular weight excluding hydrogens is 226 g/mol. The highest BCUT2D eigenvalue weighted by molar-refractivity contribution is 5.27. The van der Waals surface area contributed by atoms with Crippen LogP contribution < -0.4 is 10.5 Å². The van der Waals surface area contributed by atoms with E-state index in [4.69, 9.17) is 14.9 Å². The van der Waals surface area contributed by atoms with Crippen molar-refractivity contribution in [2.45, 2.75) is 32.9 Å². The molecule has 0 aliphatic heterocycles. The second kappa shape index (κ2) is 6.26. The number of furan rings is 1. The molecule has 1 aromatic heterocycles. The second-order valence-corrected chi connectivity index (χ2v) is 4.25. The van der Waals surface area contributed by atoms with Crippen molar-refractivity contribution in [1.82, 2.24) is 0 Å². The smallest absolute Gasteiger partial charge is 0.146 e. The fourth-order valence-corrected chi connectivity index (χ4v) is 1.81. The summed E-state index contributed by atoms with van der Waals surface area (Å²) >= 11 is 0. The zero-order valence-corrected chi connectivity index (χ0v) is 10.7. The highest BCUT2D eigenvalue weighted by Crippen LogP contribution is 2.16. The molecule has 3 nitrogen and oxygen atoms in total. The van der Waals surface area contributed by atoms with Crippen LogP contribution in [0.25, 0.3) is 0 Å². The van der Waals surface area contributed by atoms with Gasteiger partial charge >= 0.3 is 0 Å². The summed E-state index contributed by atoms with van der Waals surface area (Å²) in [4.78, 5) is 0. The Morgan fingerprint density at radius 2 is 1.78 bits per heavy atom. The van der Waals surface area contributed by atoms with Gasteiger partial charge in [0.15, 0.2) is 0 Å². The molecule has 0 bridgehead atoms. The molecule has 0 radical (unpaired) electrons. The Morgan fingerprint density at radius 3 is 2.39 bits per heavy atom. The zero-order chi connectivity index (χ0) is 12.8. The lowest BCUT2D eigenvalue weighted by Crippen LogP contribution is -1.95. The van der Waals surface area contributed by atoms with Crippen LogP contribution in [0.5, 0.6) is 5.75 Å². The first-order valence-corrected chi connectivity index (χ1v) is 6.31. The van der Waals surface area contributed by atoms with E-state index >= 15 is 0 Å². The minimum Gasteiger partial charge on any atom is -0.486 e. The highest BCUT2D eigenvalue weighted by atomic mass is 16.5. The maximum Gasteiger partial charge on any atom is 0.146 e. The van der Waals surface area contributed by atoms with Crippen LogP contribution in [0, 0.1) is 0 Å². The van der Waals surface area contributed by atoms with Crippen LogP contribution in [-0.4, -0.2) is 0 Å². The van der Waals surface area contributed by atoms with Crippen LogP contribution in [0.1, 0.15) is 30.4 Å². The normalized spacial score (nSPS) is 10.6. The van der Waals surface area contributed by atoms with E-state index in [9.17, 15) is 0 Å². The second-order valence-electron chi connectivity index (χ2n) is 4.25. The monoisotopic (exact) mass is 245 g/mol. The topological polar surface area (TPSA) is 48.4 Å². The Balaban J connectivity index is 1.89. The predicted molar refractivity (Wildman–Crippen MR) is 71.4 cm³/mol. The summed E-state index contributed by atoms with van der Waals surface area (Å²) in [6.07, 6.45) is 2.27. The van der Waals surface area contributed by atoms with E-state index in [1.165, 1.54) is 5.56 Å². The summed E-state index contributed by atoms with van der Waals surface area (Å²) < 4.78 is 11.1. The third-order valence-electron chi connectivity index (χ3n) is 2.76. The number of nitrogens with two attached hydrogens (primary N) is 1. The van der Waals surface area contributed by atoms with Crippen molar-refractivity contribution in [1.29, 1.82) is 0 Å². The number of ether oxygens (including phenoxy) is 1. The molecule has 96 valence electrons. The number of aryl methyl sites for hydroxylation is 1. The molecule has 1 aromatic carbocycles. The van der Waals surface area contributed by atoms with Crippen LogP contribution in [0.2, 0.25) is 0 Å². The largest absolute Gasteiger partial charge is 0.486 e. The lowest BCUT2D eigenvalue weighted by atomic mass is 10.1. The SMILES string of the molecule is CCCc1ccc(OCc2ccc(CN)o2)cc1. The summed E-state index contributed by atoms with van der Waals surface area (Å²) in [6.45, 7) is 3.04. The van der Waals surface area contributed by atoms with Crippen LogP contribution in [-0.2, 0) is 19.6 Å². The molecule has 0 aliphatic rings. The molecule has 2 rings (SSSR count). The molecule has 0 saturated heterocycles. The first kappa shape index (κ1) is 12.7. The molecule has 3 heteroatoms. The van der Waals surface area contributed by atoms with E-state index < -0.39 is 0 Å². The molecule has 18 heavy (non-hydrogen) atoms. The minimum atomic E-state index is 0.422. The molecule has 2 aromatic rings. The van der Waals surface area contributed by atoms with E-state index in [0.717, 1.165) is 30.1 Å². The van der Waals surface area contributed by atoms with E-state index in [1.54, 1.807) is 0 Å². The van der Waals surface area contributed by atoms with Gasteiger partial charge in [0.05, 0.1) is 6.54 Å². The van der Waals surface area contributed by atoms with Gasteiger partial charge in [-0.25, -0.2) is 0 Å². The average molecular weight is 245 g/mol. The summed E-state index contributed by atoms with van der Waals surface area (Å²) in [5, 5.41) is 0. The van der Waals surface area contributed by atoms with Gasteiger partial charge < -0.3 is 14.9 Å². The van der Waals surface area contributed by atoms with Gasteiger partial charge in [-0.3, -0.25) is 0 Å². The quantitative estimate of drug-likeness (QED) is 0.849. The first-order valence-electron chi connectivity index (χ1n) is 6.31. The van der Waals surface area contributed by atoms with Crippen molar-refractivity contribution >= 4 is 0 Å². The average Bonchev–Trinajstić information content (AvgIpc) is 2.86. The van der Waals surface area contributed by atoms with Gasteiger partial charge in [0, 0.05) is 0 Å². The molecular formula is C15H19NO2. The third kappa shape index (κ3) is 3.37. The maximum absolute atomic E-state index is 5.65. The van der Waals surface area contributed by atoms with Gasteiger partial charge in [0.25, 0.3) is 0 Å². The van der Waals surface area contributed by atoms with Crippen LogP contribution in [0.3, 0.4) is 0 Å². The van der Waals surface area contributed by atoms with Gasteiger partial charge in [0.2, 0.25) is 0 Å². The lowest BCUT2D eigenvalue weighted by Gasteiger charge is -2.05. The molecule has 0 saturated carbocycles. The molecule has 1 heterocycles. The van der Waals surface area contributed by atoms with E-state index in [0.29, 0.717) is 13.2 Å². The van der Waals surface area contributed by atoms with Crippen molar-refractivity contribution in [2.75, 3.05) is 0 Å². The van der Waals surface area contributed by atoms with Gasteiger partial charge in [-0.15, -0.1) is 0 Å². The Labute approximate surface area is 108 Å². The first-order chi connectivity index (χ1) is 8.81. The van der Waals surface area contributed by atoms with Gasteiger partial charge in [-0.1, -0.05) is 25.5 Å². The fourth-order valence-electron chi connectivity index (χ4n) is 1.81. The van der Waals surface area contributed by atoms with Crippen molar-refractivity contribution in [3.63, 3.8) is 0 Å². The highest BCUT2D eigenvalue weighted by Gasteiger charge is 2.01. The van der Waals surface area contributed by atoms with Gasteiger partial charge in [-0.05, 0) is 36.2 Å². The maximum atomic E-state index is 5.65. The van der Waals surface area contributed by atoms with Crippen molar-refractivity contribution < 1.29 is 9.15 Å². The number of hydrogen-bond acceptors (Lipinski definition) is 3. The molecule has 0 fully saturated rings. The van der Waals surface area contributed by atoms with E-state index in [1.807, 2.05) is 24.3 Å². The summed E-state index contributed by atoms with van der Waals surface area (Å²) in [6, 6.07) is 12.0. The number of hydrogen-bond donors (Lipinski definition) is 1. The summed E-state index contributed by atoms with van der Waals surface area (Å²) in [7, 11) is 0. The predicted octanol–water partition coefficient (Wildman–Crippen LogP) is 3.27. The van der Waals surface area contributed by atoms with Crippen LogP contribution >= 0.6 is 0 Å². The van der Waals surface area contributed by atoms with Crippen molar-refractivity contribution in [3.05, 3.63) is 53.5 Å². The Bertz CT molecular complexity index is 473. The Kier molecular flexibility index (Phi) is 4.42. The number of rotatable bonds is 6. The van der Waals surface area contributed by atoms with Gasteiger partial charge in [-0.2, -0.15) is 0 Å². The van der Waals surface area contributed by atoms with Crippen molar-refractivity contribution in [3.8, 4) is 5.75 Å². The standard InChI is InChI=1S/C15H19NO2/c1-2-3-12-4-6-13(7-5-12)17-11-15-9-8-14(10-16)18-15/h4-9H,2-3,10-11,16H2,1H3. The van der Waals surface area contributed by atoms with Crippen molar-refractivity contribution in [2.24, 2.45) is 5.73 Å². The fraction of sp³-hybridized carbons (Fsp3) is 0.333. The molecule has 0 atom stereocenters. The molecule has 2 N–H and O–H groups in total. The Hall–Kier alpha value is -1.74. The molecule has 0 unspecified atom stereocenters. The Morgan fingerprint density at radius 1 is 1.06 bits per heavy atom. The van der Waals surface area contributed by atoms with Gasteiger partial charge in [0.1, 0.15) is 23.9 Å².